The standard InChI is InChI=1S/C15H25FN2/c1-5-8-18(11(2)3)15(10-17)13-6-7-14(16)12(4)9-13/h6-7,9,11,15H,5,8,10,17H2,1-4H3. The van der Waals surface area contributed by atoms with Crippen molar-refractivity contribution in [3.63, 3.8) is 0 Å². The molecular weight excluding hydrogens is 227 g/mol. The molecule has 1 unspecified atom stereocenters. The maximum absolute atomic E-state index is 13.3. The van der Waals surface area contributed by atoms with Gasteiger partial charge < -0.3 is 5.73 Å². The molecule has 0 bridgehead atoms. The number of halogens is 1. The predicted molar refractivity (Wildman–Crippen MR) is 75.1 cm³/mol. The molecule has 0 aliphatic rings. The zero-order valence-electron chi connectivity index (χ0n) is 11.9. The molecule has 0 saturated carbocycles. The molecule has 18 heavy (non-hydrogen) atoms. The fraction of sp³-hybridized carbons (Fsp3) is 0.600. The average molecular weight is 252 g/mol. The van der Waals surface area contributed by atoms with E-state index in [0.717, 1.165) is 18.5 Å². The average Bonchev–Trinajstić information content (AvgIpc) is 2.33. The molecule has 0 aliphatic carbocycles. The molecule has 102 valence electrons. The number of aryl methyl sites for hydroxylation is 1. The van der Waals surface area contributed by atoms with E-state index in [1.54, 1.807) is 6.92 Å². The van der Waals surface area contributed by atoms with Crippen LogP contribution in [0.4, 0.5) is 4.39 Å². The van der Waals surface area contributed by atoms with Gasteiger partial charge in [0.15, 0.2) is 0 Å². The van der Waals surface area contributed by atoms with Crippen LogP contribution in [0.1, 0.15) is 44.4 Å². The van der Waals surface area contributed by atoms with E-state index >= 15 is 0 Å². The number of rotatable bonds is 6. The topological polar surface area (TPSA) is 29.3 Å². The Kier molecular flexibility index (Phi) is 5.76. The second-order valence-electron chi connectivity index (χ2n) is 5.09. The first-order valence-electron chi connectivity index (χ1n) is 6.73. The van der Waals surface area contributed by atoms with Gasteiger partial charge in [-0.2, -0.15) is 0 Å². The summed E-state index contributed by atoms with van der Waals surface area (Å²) in [6.45, 7) is 9.88. The summed E-state index contributed by atoms with van der Waals surface area (Å²) in [6, 6.07) is 5.91. The van der Waals surface area contributed by atoms with E-state index in [0.29, 0.717) is 18.2 Å². The Balaban J connectivity index is 3.02. The third-order valence-corrected chi connectivity index (χ3v) is 3.34. The number of hydrogen-bond donors (Lipinski definition) is 1. The van der Waals surface area contributed by atoms with Gasteiger partial charge in [0, 0.05) is 18.6 Å². The quantitative estimate of drug-likeness (QED) is 0.842. The Hall–Kier alpha value is -0.930. The lowest BCUT2D eigenvalue weighted by atomic mass is 10.0. The van der Waals surface area contributed by atoms with E-state index in [4.69, 9.17) is 5.73 Å². The molecule has 2 nitrogen and oxygen atoms in total. The maximum Gasteiger partial charge on any atom is 0.126 e. The second kappa shape index (κ2) is 6.86. The van der Waals surface area contributed by atoms with Crippen molar-refractivity contribution in [2.45, 2.75) is 46.2 Å². The molecule has 3 heteroatoms. The smallest absolute Gasteiger partial charge is 0.126 e. The molecular formula is C15H25FN2. The highest BCUT2D eigenvalue weighted by molar-refractivity contribution is 5.27. The lowest BCUT2D eigenvalue weighted by molar-refractivity contribution is 0.157. The van der Waals surface area contributed by atoms with Crippen molar-refractivity contribution in [3.05, 3.63) is 35.1 Å². The molecule has 1 aromatic carbocycles. The Morgan fingerprint density at radius 1 is 1.33 bits per heavy atom. The highest BCUT2D eigenvalue weighted by atomic mass is 19.1. The van der Waals surface area contributed by atoms with Gasteiger partial charge in [-0.25, -0.2) is 4.39 Å². The van der Waals surface area contributed by atoms with E-state index in [1.165, 1.54) is 6.07 Å². The molecule has 0 radical (unpaired) electrons. The van der Waals surface area contributed by atoms with Gasteiger partial charge in [0.2, 0.25) is 0 Å². The fourth-order valence-electron chi connectivity index (χ4n) is 2.37. The SMILES string of the molecule is CCCN(C(C)C)C(CN)c1ccc(F)c(C)c1. The van der Waals surface area contributed by atoms with Gasteiger partial charge in [-0.05, 0) is 50.9 Å². The van der Waals surface area contributed by atoms with E-state index in [1.807, 2.05) is 12.1 Å². The number of nitrogens with zero attached hydrogens (tertiary/aromatic N) is 1. The molecule has 0 saturated heterocycles. The number of hydrogen-bond acceptors (Lipinski definition) is 2. The zero-order valence-corrected chi connectivity index (χ0v) is 11.9. The first-order chi connectivity index (χ1) is 8.51. The van der Waals surface area contributed by atoms with Crippen molar-refractivity contribution in [2.24, 2.45) is 5.73 Å². The van der Waals surface area contributed by atoms with Crippen LogP contribution in [0, 0.1) is 12.7 Å². The van der Waals surface area contributed by atoms with Crippen molar-refractivity contribution in [1.82, 2.24) is 4.90 Å². The van der Waals surface area contributed by atoms with E-state index in [2.05, 4.69) is 25.7 Å². The minimum Gasteiger partial charge on any atom is -0.329 e. The summed E-state index contributed by atoms with van der Waals surface area (Å²) in [5.74, 6) is -0.152. The van der Waals surface area contributed by atoms with Gasteiger partial charge in [-0.1, -0.05) is 19.1 Å². The highest BCUT2D eigenvalue weighted by Gasteiger charge is 2.21. The zero-order chi connectivity index (χ0) is 13.7. The van der Waals surface area contributed by atoms with E-state index in [9.17, 15) is 4.39 Å². The predicted octanol–water partition coefficient (Wildman–Crippen LogP) is 3.25. The largest absolute Gasteiger partial charge is 0.329 e. The van der Waals surface area contributed by atoms with Crippen LogP contribution in [0.3, 0.4) is 0 Å². The molecule has 0 aromatic heterocycles. The molecule has 1 aromatic rings. The van der Waals surface area contributed by atoms with E-state index in [-0.39, 0.29) is 11.9 Å². The summed E-state index contributed by atoms with van der Waals surface area (Å²) >= 11 is 0. The summed E-state index contributed by atoms with van der Waals surface area (Å²) in [4.78, 5) is 2.38. The fourth-order valence-corrected chi connectivity index (χ4v) is 2.37. The molecule has 0 spiro atoms. The van der Waals surface area contributed by atoms with Crippen LogP contribution in [0.25, 0.3) is 0 Å². The summed E-state index contributed by atoms with van der Waals surface area (Å²) < 4.78 is 13.3. The monoisotopic (exact) mass is 252 g/mol. The van der Waals surface area contributed by atoms with Crippen LogP contribution in [-0.2, 0) is 0 Å². The third-order valence-electron chi connectivity index (χ3n) is 3.34. The summed E-state index contributed by atoms with van der Waals surface area (Å²) in [5, 5.41) is 0. The van der Waals surface area contributed by atoms with Gasteiger partial charge >= 0.3 is 0 Å². The van der Waals surface area contributed by atoms with E-state index < -0.39 is 0 Å². The van der Waals surface area contributed by atoms with Gasteiger partial charge in [-0.15, -0.1) is 0 Å². The molecule has 1 atom stereocenters. The minimum absolute atomic E-state index is 0.152. The highest BCUT2D eigenvalue weighted by Crippen LogP contribution is 2.24. The van der Waals surface area contributed by atoms with Crippen molar-refractivity contribution in [2.75, 3.05) is 13.1 Å². The molecule has 2 N–H and O–H groups in total. The summed E-state index contributed by atoms with van der Waals surface area (Å²) in [6.07, 6.45) is 1.09. The van der Waals surface area contributed by atoms with Crippen LogP contribution in [0.15, 0.2) is 18.2 Å². The van der Waals surface area contributed by atoms with Crippen LogP contribution in [-0.4, -0.2) is 24.0 Å². The molecule has 0 fully saturated rings. The maximum atomic E-state index is 13.3. The Morgan fingerprint density at radius 3 is 2.44 bits per heavy atom. The molecule has 0 amide bonds. The van der Waals surface area contributed by atoms with Crippen LogP contribution < -0.4 is 5.73 Å². The van der Waals surface area contributed by atoms with Crippen molar-refractivity contribution >= 4 is 0 Å². The number of nitrogens with two attached hydrogens (primary N) is 1. The van der Waals surface area contributed by atoms with Crippen molar-refractivity contribution in [3.8, 4) is 0 Å². The van der Waals surface area contributed by atoms with Gasteiger partial charge in [0.25, 0.3) is 0 Å². The molecule has 0 heterocycles. The Morgan fingerprint density at radius 2 is 2.00 bits per heavy atom. The van der Waals surface area contributed by atoms with Crippen molar-refractivity contribution < 1.29 is 4.39 Å². The van der Waals surface area contributed by atoms with Crippen LogP contribution >= 0.6 is 0 Å². The molecule has 1 rings (SSSR count). The molecule has 0 aliphatic heterocycles. The first-order valence-corrected chi connectivity index (χ1v) is 6.73. The Bertz CT molecular complexity index is 377. The second-order valence-corrected chi connectivity index (χ2v) is 5.09. The summed E-state index contributed by atoms with van der Waals surface area (Å²) in [5.41, 5.74) is 7.72. The normalized spacial score (nSPS) is 13.3. The first kappa shape index (κ1) is 15.1. The van der Waals surface area contributed by atoms with Gasteiger partial charge in [0.05, 0.1) is 0 Å². The minimum atomic E-state index is -0.152. The Labute approximate surface area is 110 Å². The van der Waals surface area contributed by atoms with Crippen LogP contribution in [0.2, 0.25) is 0 Å². The van der Waals surface area contributed by atoms with Gasteiger partial charge in [0.1, 0.15) is 5.82 Å². The van der Waals surface area contributed by atoms with Crippen molar-refractivity contribution in [1.29, 1.82) is 0 Å². The lowest BCUT2D eigenvalue weighted by Gasteiger charge is -2.34. The third kappa shape index (κ3) is 3.53. The van der Waals surface area contributed by atoms with Gasteiger partial charge in [-0.3, -0.25) is 4.90 Å². The summed E-state index contributed by atoms with van der Waals surface area (Å²) in [7, 11) is 0. The lowest BCUT2D eigenvalue weighted by Crippen LogP contribution is -2.39. The number of benzene rings is 1. The van der Waals surface area contributed by atoms with Crippen LogP contribution in [0.5, 0.6) is 0 Å².